The molecule has 0 aromatic rings. The molecular weight excluding hydrogens is 472 g/mol. The first-order chi connectivity index (χ1) is 15.9. The molecule has 2 fully saturated rings. The Morgan fingerprint density at radius 3 is 1.59 bits per heavy atom. The van der Waals surface area contributed by atoms with Crippen LogP contribution >= 0.6 is 0 Å². The van der Waals surface area contributed by atoms with Crippen LogP contribution in [-0.4, -0.2) is 167 Å². The average molecular weight is 506 g/mol. The number of aliphatic hydroxyl groups is 12. The van der Waals surface area contributed by atoms with Gasteiger partial charge < -0.3 is 80.2 Å². The van der Waals surface area contributed by atoms with Crippen molar-refractivity contribution in [1.29, 1.82) is 0 Å². The second-order valence-corrected chi connectivity index (χ2v) is 8.13. The van der Waals surface area contributed by atoms with Gasteiger partial charge in [0.05, 0.1) is 25.9 Å². The monoisotopic (exact) mass is 506 g/mol. The Morgan fingerprint density at radius 1 is 0.647 bits per heavy atom. The molecule has 2 saturated heterocycles. The lowest BCUT2D eigenvalue weighted by Gasteiger charge is -2.42. The Kier molecular flexibility index (Phi) is 11.4. The molecular formula is C18H34O16. The lowest BCUT2D eigenvalue weighted by Crippen LogP contribution is -2.61. The van der Waals surface area contributed by atoms with Crippen LogP contribution in [0, 0.1) is 0 Å². The summed E-state index contributed by atoms with van der Waals surface area (Å²) in [6.45, 7) is -1.91. The normalized spacial score (nSPS) is 41.9. The fourth-order valence-corrected chi connectivity index (χ4v) is 3.58. The van der Waals surface area contributed by atoms with Gasteiger partial charge in [0.25, 0.3) is 0 Å². The van der Waals surface area contributed by atoms with E-state index in [0.717, 1.165) is 0 Å². The molecule has 13 atom stereocenters. The zero-order chi connectivity index (χ0) is 25.7. The van der Waals surface area contributed by atoms with Crippen LogP contribution in [0.25, 0.3) is 0 Å². The van der Waals surface area contributed by atoms with E-state index in [1.54, 1.807) is 0 Å². The van der Waals surface area contributed by atoms with Gasteiger partial charge in [-0.3, -0.25) is 0 Å². The van der Waals surface area contributed by atoms with Gasteiger partial charge in [-0.2, -0.15) is 0 Å². The van der Waals surface area contributed by atoms with Gasteiger partial charge in [0.15, 0.2) is 18.9 Å². The van der Waals surface area contributed by atoms with Gasteiger partial charge in [0.2, 0.25) is 0 Å². The van der Waals surface area contributed by atoms with Crippen molar-refractivity contribution >= 4 is 0 Å². The molecule has 0 amide bonds. The Bertz CT molecular complexity index is 592. The maximum Gasteiger partial charge on any atom is 0.187 e. The lowest BCUT2D eigenvalue weighted by atomic mass is 9.98. The SMILES string of the molecule is OCC1OC(OCCC(O)C(OC2OC(CO)C(O)C(O)C2O)C(O)C(O)O)C(O)C(O)C1O. The number of ether oxygens (including phenoxy) is 4. The molecule has 0 bridgehead atoms. The Labute approximate surface area is 193 Å². The van der Waals surface area contributed by atoms with E-state index in [4.69, 9.17) is 18.9 Å². The molecule has 13 unspecified atom stereocenters. The van der Waals surface area contributed by atoms with Crippen molar-refractivity contribution in [2.24, 2.45) is 0 Å². The van der Waals surface area contributed by atoms with Gasteiger partial charge in [0, 0.05) is 0 Å². The van der Waals surface area contributed by atoms with Crippen LogP contribution < -0.4 is 0 Å². The van der Waals surface area contributed by atoms with Crippen molar-refractivity contribution in [3.8, 4) is 0 Å². The van der Waals surface area contributed by atoms with Crippen LogP contribution in [0.15, 0.2) is 0 Å². The predicted molar refractivity (Wildman–Crippen MR) is 103 cm³/mol. The molecule has 0 aromatic heterocycles. The quantitative estimate of drug-likeness (QED) is 0.116. The van der Waals surface area contributed by atoms with E-state index in [0.29, 0.717) is 0 Å². The van der Waals surface area contributed by atoms with Gasteiger partial charge in [-0.1, -0.05) is 0 Å². The summed E-state index contributed by atoms with van der Waals surface area (Å²) in [6, 6.07) is 0. The molecule has 0 spiro atoms. The molecule has 0 aromatic carbocycles. The molecule has 0 aliphatic carbocycles. The van der Waals surface area contributed by atoms with Crippen molar-refractivity contribution in [2.75, 3.05) is 19.8 Å². The summed E-state index contributed by atoms with van der Waals surface area (Å²) in [5, 5.41) is 117. The summed E-state index contributed by atoms with van der Waals surface area (Å²) in [5.74, 6) is 0. The largest absolute Gasteiger partial charge is 0.394 e. The van der Waals surface area contributed by atoms with Crippen LogP contribution in [0.3, 0.4) is 0 Å². The van der Waals surface area contributed by atoms with Crippen LogP contribution in [0.1, 0.15) is 6.42 Å². The van der Waals surface area contributed by atoms with E-state index in [-0.39, 0.29) is 0 Å². The van der Waals surface area contributed by atoms with E-state index in [1.165, 1.54) is 0 Å². The second-order valence-electron chi connectivity index (χ2n) is 8.13. The molecule has 2 aliphatic heterocycles. The topological polar surface area (TPSA) is 280 Å². The molecule has 34 heavy (non-hydrogen) atoms. The van der Waals surface area contributed by atoms with Crippen LogP contribution in [0.2, 0.25) is 0 Å². The summed E-state index contributed by atoms with van der Waals surface area (Å²) in [5.41, 5.74) is 0. The Morgan fingerprint density at radius 2 is 1.12 bits per heavy atom. The van der Waals surface area contributed by atoms with E-state index in [9.17, 15) is 61.3 Å². The number of hydrogen-bond donors (Lipinski definition) is 12. The van der Waals surface area contributed by atoms with Crippen LogP contribution in [-0.2, 0) is 18.9 Å². The highest BCUT2D eigenvalue weighted by Gasteiger charge is 2.47. The van der Waals surface area contributed by atoms with Gasteiger partial charge in [0.1, 0.15) is 61.0 Å². The summed E-state index contributed by atoms with van der Waals surface area (Å²) in [6.07, 6.45) is -25.0. The molecule has 12 N–H and O–H groups in total. The van der Waals surface area contributed by atoms with Gasteiger partial charge in [-0.25, -0.2) is 0 Å². The molecule has 16 nitrogen and oxygen atoms in total. The first-order valence-electron chi connectivity index (χ1n) is 10.5. The van der Waals surface area contributed by atoms with Crippen molar-refractivity contribution < 1.29 is 80.2 Å². The molecule has 0 saturated carbocycles. The zero-order valence-corrected chi connectivity index (χ0v) is 17.9. The first kappa shape index (κ1) is 29.6. The van der Waals surface area contributed by atoms with E-state index < -0.39 is 112 Å². The molecule has 2 heterocycles. The third kappa shape index (κ3) is 6.77. The van der Waals surface area contributed by atoms with Crippen molar-refractivity contribution in [3.63, 3.8) is 0 Å². The maximum absolute atomic E-state index is 10.5. The highest BCUT2D eigenvalue weighted by molar-refractivity contribution is 4.91. The minimum absolute atomic E-state index is 0.416. The van der Waals surface area contributed by atoms with Gasteiger partial charge in [-0.15, -0.1) is 0 Å². The van der Waals surface area contributed by atoms with E-state index in [1.807, 2.05) is 0 Å². The number of aliphatic hydroxyl groups excluding tert-OH is 11. The minimum atomic E-state index is -2.42. The number of hydrogen-bond acceptors (Lipinski definition) is 16. The summed E-state index contributed by atoms with van der Waals surface area (Å²) in [7, 11) is 0. The fraction of sp³-hybridized carbons (Fsp3) is 1.00. The smallest absolute Gasteiger partial charge is 0.187 e. The molecule has 2 aliphatic rings. The molecule has 202 valence electrons. The van der Waals surface area contributed by atoms with E-state index >= 15 is 0 Å². The van der Waals surface area contributed by atoms with Gasteiger partial charge >= 0.3 is 0 Å². The maximum atomic E-state index is 10.5. The average Bonchev–Trinajstić information content (AvgIpc) is 2.81. The van der Waals surface area contributed by atoms with Gasteiger partial charge in [-0.05, 0) is 6.42 Å². The van der Waals surface area contributed by atoms with E-state index in [2.05, 4.69) is 0 Å². The number of rotatable bonds is 11. The third-order valence-corrected chi connectivity index (χ3v) is 5.71. The predicted octanol–water partition coefficient (Wildman–Crippen LogP) is -7.59. The third-order valence-electron chi connectivity index (χ3n) is 5.71. The van der Waals surface area contributed by atoms with Crippen molar-refractivity contribution in [1.82, 2.24) is 0 Å². The Balaban J connectivity index is 2.01. The Hall–Kier alpha value is -0.640. The minimum Gasteiger partial charge on any atom is -0.394 e. The van der Waals surface area contributed by atoms with Crippen molar-refractivity contribution in [3.05, 3.63) is 0 Å². The first-order valence-corrected chi connectivity index (χ1v) is 10.5. The summed E-state index contributed by atoms with van der Waals surface area (Å²) in [4.78, 5) is 0. The fourth-order valence-electron chi connectivity index (χ4n) is 3.58. The molecule has 0 radical (unpaired) electrons. The van der Waals surface area contributed by atoms with Crippen LogP contribution in [0.5, 0.6) is 0 Å². The van der Waals surface area contributed by atoms with Crippen molar-refractivity contribution in [2.45, 2.75) is 92.4 Å². The highest BCUT2D eigenvalue weighted by Crippen LogP contribution is 2.26. The molecule has 16 heteroatoms. The zero-order valence-electron chi connectivity index (χ0n) is 17.9. The molecule has 2 rings (SSSR count). The highest BCUT2D eigenvalue weighted by atomic mass is 16.7. The lowest BCUT2D eigenvalue weighted by molar-refractivity contribution is -0.332. The standard InChI is InChI=1S/C18H34O16/c19-3-6-8(22)10(24)12(26)17(32-6)31-2-1-5(21)15(14(28)16(29)30)34-18-13(27)11(25)9(23)7(4-20)33-18/h5-30H,1-4H2. The van der Waals surface area contributed by atoms with Crippen LogP contribution in [0.4, 0.5) is 0 Å². The summed E-state index contributed by atoms with van der Waals surface area (Å²) < 4.78 is 20.7. The second kappa shape index (κ2) is 13.1. The summed E-state index contributed by atoms with van der Waals surface area (Å²) >= 11 is 0.